The van der Waals surface area contributed by atoms with E-state index in [1.807, 2.05) is 0 Å². The van der Waals surface area contributed by atoms with Crippen molar-refractivity contribution in [3.8, 4) is 17.1 Å². The Morgan fingerprint density at radius 3 is 2.42 bits per heavy atom. The van der Waals surface area contributed by atoms with Gasteiger partial charge in [0.2, 0.25) is 0 Å². The van der Waals surface area contributed by atoms with Crippen LogP contribution in [0.2, 0.25) is 10.0 Å². The van der Waals surface area contributed by atoms with Crippen molar-refractivity contribution in [1.82, 2.24) is 24.5 Å². The second kappa shape index (κ2) is 7.25. The van der Waals surface area contributed by atoms with E-state index in [0.717, 1.165) is 0 Å². The monoisotopic (exact) mass is 458 g/mol. The molecule has 0 radical (unpaired) electrons. The van der Waals surface area contributed by atoms with Crippen molar-refractivity contribution in [2.24, 2.45) is 12.0 Å². The van der Waals surface area contributed by atoms with Crippen LogP contribution in [0.3, 0.4) is 0 Å². The predicted octanol–water partition coefficient (Wildman–Crippen LogP) is 5.16. The molecule has 1 aliphatic rings. The fraction of sp³-hybridized carbons (Fsp3) is 0.143. The maximum absolute atomic E-state index is 14.8. The van der Waals surface area contributed by atoms with E-state index in [1.165, 1.54) is 18.2 Å². The zero-order chi connectivity index (χ0) is 21.9. The molecule has 0 saturated heterocycles. The van der Waals surface area contributed by atoms with Gasteiger partial charge in [-0.05, 0) is 31.2 Å². The first-order chi connectivity index (χ1) is 14.9. The van der Waals surface area contributed by atoms with Gasteiger partial charge in [-0.1, -0.05) is 29.3 Å². The van der Waals surface area contributed by atoms with Crippen molar-refractivity contribution >= 4 is 28.9 Å². The molecule has 6 nitrogen and oxygen atoms in total. The van der Waals surface area contributed by atoms with Crippen molar-refractivity contribution in [2.45, 2.75) is 13.0 Å². The number of aliphatic imine (C=N–C) groups is 1. The average Bonchev–Trinajstić information content (AvgIpc) is 3.32. The van der Waals surface area contributed by atoms with Gasteiger partial charge in [-0.2, -0.15) is 5.10 Å². The predicted molar refractivity (Wildman–Crippen MR) is 114 cm³/mol. The van der Waals surface area contributed by atoms with Crippen LogP contribution in [0.4, 0.5) is 8.78 Å². The van der Waals surface area contributed by atoms with Gasteiger partial charge in [0.1, 0.15) is 17.7 Å². The lowest BCUT2D eigenvalue weighted by Gasteiger charge is -2.16. The molecule has 31 heavy (non-hydrogen) atoms. The van der Waals surface area contributed by atoms with Crippen LogP contribution in [0.1, 0.15) is 29.9 Å². The van der Waals surface area contributed by atoms with Crippen LogP contribution in [-0.2, 0) is 7.05 Å². The molecule has 2 aromatic heterocycles. The Bertz CT molecular complexity index is 1350. The summed E-state index contributed by atoms with van der Waals surface area (Å²) in [6.07, 6.45) is 3.45. The summed E-state index contributed by atoms with van der Waals surface area (Å²) in [6.45, 7) is 1.77. The number of halogens is 4. The van der Waals surface area contributed by atoms with Crippen molar-refractivity contribution in [2.75, 3.05) is 0 Å². The van der Waals surface area contributed by atoms with Crippen LogP contribution < -0.4 is 0 Å². The number of hydrogen-bond acceptors (Lipinski definition) is 4. The van der Waals surface area contributed by atoms with Gasteiger partial charge < -0.3 is 0 Å². The zero-order valence-corrected chi connectivity index (χ0v) is 17.8. The molecule has 0 spiro atoms. The molecule has 0 unspecified atom stereocenters. The molecule has 1 aliphatic heterocycles. The van der Waals surface area contributed by atoms with Gasteiger partial charge in [-0.3, -0.25) is 14.2 Å². The highest BCUT2D eigenvalue weighted by Crippen LogP contribution is 2.39. The second-order valence-corrected chi connectivity index (χ2v) is 7.91. The summed E-state index contributed by atoms with van der Waals surface area (Å²) in [4.78, 5) is 4.61. The van der Waals surface area contributed by atoms with Crippen molar-refractivity contribution in [3.63, 3.8) is 0 Å². The minimum atomic E-state index is -0.752. The number of aryl methyl sites for hydroxylation is 1. The third-order valence-corrected chi connectivity index (χ3v) is 5.90. The molecule has 5 rings (SSSR count). The summed E-state index contributed by atoms with van der Waals surface area (Å²) in [7, 11) is 1.79. The van der Waals surface area contributed by atoms with E-state index in [9.17, 15) is 8.78 Å². The summed E-state index contributed by atoms with van der Waals surface area (Å²) < 4.78 is 33.0. The maximum Gasteiger partial charge on any atom is 0.171 e. The normalized spacial score (nSPS) is 15.3. The molecule has 156 valence electrons. The minimum absolute atomic E-state index is 0.0632. The zero-order valence-electron chi connectivity index (χ0n) is 16.3. The summed E-state index contributed by atoms with van der Waals surface area (Å²) in [6, 6.07) is 6.40. The van der Waals surface area contributed by atoms with Crippen molar-refractivity contribution in [3.05, 3.63) is 81.4 Å². The molecular weight excluding hydrogens is 445 g/mol. The molecular formula is C21H14Cl2F2N6. The first-order valence-electron chi connectivity index (χ1n) is 9.32. The van der Waals surface area contributed by atoms with Crippen LogP contribution in [0.5, 0.6) is 0 Å². The first kappa shape index (κ1) is 19.8. The van der Waals surface area contributed by atoms with Gasteiger partial charge in [0.25, 0.3) is 0 Å². The van der Waals surface area contributed by atoms with Gasteiger partial charge in [-0.15, -0.1) is 10.2 Å². The number of nitrogens with zero attached hydrogens (tertiary/aromatic N) is 6. The largest absolute Gasteiger partial charge is 0.276 e. The first-order valence-corrected chi connectivity index (χ1v) is 10.1. The molecule has 0 fully saturated rings. The van der Waals surface area contributed by atoms with Crippen LogP contribution >= 0.6 is 23.2 Å². The molecule has 0 bridgehead atoms. The van der Waals surface area contributed by atoms with Gasteiger partial charge in [0, 0.05) is 18.8 Å². The van der Waals surface area contributed by atoms with Crippen LogP contribution in [0, 0.1) is 11.6 Å². The Hall–Kier alpha value is -3.10. The summed E-state index contributed by atoms with van der Waals surface area (Å²) in [5.41, 5.74) is 1.31. The number of hydrogen-bond donors (Lipinski definition) is 0. The van der Waals surface area contributed by atoms with Crippen molar-refractivity contribution < 1.29 is 8.78 Å². The molecule has 0 aliphatic carbocycles. The Kier molecular flexibility index (Phi) is 4.64. The number of fused-ring (bicyclic) bond motifs is 3. The van der Waals surface area contributed by atoms with E-state index in [0.29, 0.717) is 28.5 Å². The third-order valence-electron chi connectivity index (χ3n) is 5.10. The highest BCUT2D eigenvalue weighted by Gasteiger charge is 2.32. The molecule has 0 amide bonds. The topological polar surface area (TPSA) is 60.9 Å². The van der Waals surface area contributed by atoms with E-state index < -0.39 is 17.7 Å². The maximum atomic E-state index is 14.8. The summed E-state index contributed by atoms with van der Waals surface area (Å²) in [5.74, 6) is -0.513. The smallest absolute Gasteiger partial charge is 0.171 e. The number of aromatic nitrogens is 5. The van der Waals surface area contributed by atoms with Crippen LogP contribution in [0.25, 0.3) is 17.1 Å². The lowest BCUT2D eigenvalue weighted by atomic mass is 9.99. The Labute approximate surface area is 185 Å². The van der Waals surface area contributed by atoms with Crippen LogP contribution in [-0.4, -0.2) is 30.3 Å². The van der Waals surface area contributed by atoms with Crippen LogP contribution in [0.15, 0.2) is 47.7 Å². The van der Waals surface area contributed by atoms with E-state index in [2.05, 4.69) is 20.3 Å². The van der Waals surface area contributed by atoms with E-state index in [1.54, 1.807) is 47.7 Å². The summed E-state index contributed by atoms with van der Waals surface area (Å²) >= 11 is 12.9. The molecule has 1 atom stereocenters. The van der Waals surface area contributed by atoms with Gasteiger partial charge in [0.05, 0.1) is 38.8 Å². The molecule has 10 heteroatoms. The fourth-order valence-electron chi connectivity index (χ4n) is 3.71. The fourth-order valence-corrected chi connectivity index (χ4v) is 4.12. The highest BCUT2D eigenvalue weighted by molar-refractivity contribution is 6.45. The molecule has 0 N–H and O–H groups in total. The standard InChI is InChI=1S/C21H14Cl2F2N6/c1-10-20-28-29-21(11-8-26-30(2)9-11)31(20)15-7-6-12(22)18(23)17(15)19(27-10)16-13(24)4-3-5-14(16)25/h3-10H,1-2H3/t10-/m0/s1. The highest BCUT2D eigenvalue weighted by atomic mass is 35.5. The molecule has 4 aromatic rings. The Balaban J connectivity index is 1.87. The number of rotatable bonds is 2. The summed E-state index contributed by atoms with van der Waals surface area (Å²) in [5, 5.41) is 13.2. The third kappa shape index (κ3) is 3.05. The average molecular weight is 459 g/mol. The lowest BCUT2D eigenvalue weighted by Crippen LogP contribution is -2.13. The Morgan fingerprint density at radius 2 is 1.74 bits per heavy atom. The molecule has 0 saturated carbocycles. The Morgan fingerprint density at radius 1 is 1.00 bits per heavy atom. The van der Waals surface area contributed by atoms with Gasteiger partial charge in [-0.25, -0.2) is 8.78 Å². The van der Waals surface area contributed by atoms with Crippen molar-refractivity contribution in [1.29, 1.82) is 0 Å². The molecule has 2 aromatic carbocycles. The van der Waals surface area contributed by atoms with E-state index >= 15 is 0 Å². The van der Waals surface area contributed by atoms with Gasteiger partial charge in [0.15, 0.2) is 11.6 Å². The lowest BCUT2D eigenvalue weighted by molar-refractivity contribution is 0.578. The van der Waals surface area contributed by atoms with Gasteiger partial charge >= 0.3 is 0 Å². The van der Waals surface area contributed by atoms with E-state index in [-0.39, 0.29) is 21.3 Å². The van der Waals surface area contributed by atoms with E-state index in [4.69, 9.17) is 23.2 Å². The quantitative estimate of drug-likeness (QED) is 0.416. The SMILES string of the molecule is C[C@@H]1N=C(c2c(F)cccc2F)c2c(ccc(Cl)c2Cl)-n2c(-c3cnn(C)c3)nnc21. The second-order valence-electron chi connectivity index (χ2n) is 7.13. The number of benzene rings is 2. The molecule has 3 heterocycles. The minimum Gasteiger partial charge on any atom is -0.276 e.